The van der Waals surface area contributed by atoms with Crippen LogP contribution >= 0.6 is 0 Å². The van der Waals surface area contributed by atoms with Gasteiger partial charge in [-0.1, -0.05) is 113 Å². The molecule has 0 radical (unpaired) electrons. The summed E-state index contributed by atoms with van der Waals surface area (Å²) in [5.74, 6) is 1.06. The van der Waals surface area contributed by atoms with Crippen molar-refractivity contribution < 1.29 is 13.9 Å². The lowest BCUT2D eigenvalue weighted by atomic mass is 9.79. The van der Waals surface area contributed by atoms with Gasteiger partial charge >= 0.3 is 0 Å². The molecule has 0 aliphatic rings. The highest BCUT2D eigenvalue weighted by atomic mass is 28.4. The highest BCUT2D eigenvalue weighted by Gasteiger charge is 2.51. The van der Waals surface area contributed by atoms with Crippen LogP contribution in [0.3, 0.4) is 0 Å². The first-order valence-electron chi connectivity index (χ1n) is 12.7. The van der Waals surface area contributed by atoms with E-state index in [0.717, 1.165) is 11.3 Å². The Balaban J connectivity index is 1.90. The van der Waals surface area contributed by atoms with Gasteiger partial charge in [0.2, 0.25) is 0 Å². The van der Waals surface area contributed by atoms with Crippen LogP contribution in [0.4, 0.5) is 0 Å². The molecule has 0 N–H and O–H groups in total. The van der Waals surface area contributed by atoms with Crippen molar-refractivity contribution in [1.29, 1.82) is 0 Å². The van der Waals surface area contributed by atoms with Gasteiger partial charge in [-0.2, -0.15) is 0 Å². The van der Waals surface area contributed by atoms with Gasteiger partial charge in [-0.05, 0) is 39.0 Å². The Morgan fingerprint density at radius 1 is 0.806 bits per heavy atom. The quantitative estimate of drug-likeness (QED) is 0.206. The van der Waals surface area contributed by atoms with Crippen LogP contribution < -0.4 is 15.1 Å². The largest absolute Gasteiger partial charge is 0.497 e. The molecule has 192 valence electrons. The fourth-order valence-electron chi connectivity index (χ4n) is 4.75. The van der Waals surface area contributed by atoms with Gasteiger partial charge in [0.25, 0.3) is 8.32 Å². The molecule has 0 saturated heterocycles. The Morgan fingerprint density at radius 2 is 1.33 bits per heavy atom. The molecule has 36 heavy (non-hydrogen) atoms. The van der Waals surface area contributed by atoms with Crippen molar-refractivity contribution in [3.63, 3.8) is 0 Å². The summed E-state index contributed by atoms with van der Waals surface area (Å²) in [5.41, 5.74) is 0.888. The van der Waals surface area contributed by atoms with E-state index in [4.69, 9.17) is 13.9 Å². The van der Waals surface area contributed by atoms with Gasteiger partial charge in [0, 0.05) is 12.0 Å². The van der Waals surface area contributed by atoms with Gasteiger partial charge in [-0.25, -0.2) is 0 Å². The third kappa shape index (κ3) is 6.18. The summed E-state index contributed by atoms with van der Waals surface area (Å²) in [6.07, 6.45) is 2.02. The maximum Gasteiger partial charge on any atom is 0.261 e. The molecule has 3 nitrogen and oxygen atoms in total. The van der Waals surface area contributed by atoms with E-state index in [9.17, 15) is 0 Å². The van der Waals surface area contributed by atoms with Crippen LogP contribution in [0.5, 0.6) is 5.75 Å². The van der Waals surface area contributed by atoms with Crippen molar-refractivity contribution in [3.8, 4) is 5.75 Å². The van der Waals surface area contributed by atoms with E-state index >= 15 is 0 Å². The average molecular weight is 503 g/mol. The van der Waals surface area contributed by atoms with Crippen LogP contribution in [0.25, 0.3) is 0 Å². The van der Waals surface area contributed by atoms with Crippen LogP contribution in [0.2, 0.25) is 5.04 Å². The van der Waals surface area contributed by atoms with E-state index in [1.165, 1.54) is 10.4 Å². The third-order valence-corrected chi connectivity index (χ3v) is 12.3. The third-order valence-electron chi connectivity index (χ3n) is 7.35. The van der Waals surface area contributed by atoms with Crippen molar-refractivity contribution in [2.75, 3.05) is 20.3 Å². The molecule has 3 rings (SSSR count). The Kier molecular flexibility index (Phi) is 9.34. The van der Waals surface area contributed by atoms with E-state index in [2.05, 4.69) is 102 Å². The minimum atomic E-state index is -2.64. The van der Waals surface area contributed by atoms with Gasteiger partial charge in [0.05, 0.1) is 20.3 Å². The maximum absolute atomic E-state index is 7.28. The summed E-state index contributed by atoms with van der Waals surface area (Å²) < 4.78 is 18.8. The normalized spacial score (nSPS) is 14.6. The maximum atomic E-state index is 7.28. The minimum absolute atomic E-state index is 0.0714. The van der Waals surface area contributed by atoms with E-state index in [1.807, 2.05) is 30.3 Å². The highest BCUT2D eigenvalue weighted by molar-refractivity contribution is 6.99. The predicted octanol–water partition coefficient (Wildman–Crippen LogP) is 6.62. The number of methoxy groups -OCH3 is 1. The summed E-state index contributed by atoms with van der Waals surface area (Å²) in [5, 5.41) is 2.51. The summed E-state index contributed by atoms with van der Waals surface area (Å²) in [4.78, 5) is 0. The summed E-state index contributed by atoms with van der Waals surface area (Å²) in [6.45, 7) is 17.2. The standard InChI is InChI=1S/C32H42O3Si/c1-8-26(2)32(6,24-34-23-27-19-21-28(33-7)22-20-27)25-35-36(31(3,4)5,29-15-11-9-12-16-29)30-17-13-10-14-18-30/h8-22,26H,1,23-25H2,2-7H3/t26-,32+/m1/s1. The van der Waals surface area contributed by atoms with Crippen molar-refractivity contribution in [2.24, 2.45) is 11.3 Å². The lowest BCUT2D eigenvalue weighted by molar-refractivity contribution is -0.00624. The molecular weight excluding hydrogens is 460 g/mol. The van der Waals surface area contributed by atoms with Gasteiger partial charge in [-0.15, -0.1) is 6.58 Å². The number of hydrogen-bond acceptors (Lipinski definition) is 3. The van der Waals surface area contributed by atoms with Crippen LogP contribution in [-0.4, -0.2) is 28.6 Å². The van der Waals surface area contributed by atoms with Crippen LogP contribution in [0.1, 0.15) is 40.2 Å². The fourth-order valence-corrected chi connectivity index (χ4v) is 9.45. The average Bonchev–Trinajstić information content (AvgIpc) is 2.89. The molecule has 0 amide bonds. The molecule has 3 aromatic carbocycles. The van der Waals surface area contributed by atoms with Gasteiger partial charge in [-0.3, -0.25) is 0 Å². The minimum Gasteiger partial charge on any atom is -0.497 e. The molecule has 0 unspecified atom stereocenters. The molecule has 0 aliphatic heterocycles. The van der Waals surface area contributed by atoms with E-state index in [1.54, 1.807) is 7.11 Å². The Bertz CT molecular complexity index is 1030. The number of hydrogen-bond donors (Lipinski definition) is 0. The zero-order chi connectivity index (χ0) is 26.2. The smallest absolute Gasteiger partial charge is 0.261 e. The second kappa shape index (κ2) is 12.0. The highest BCUT2D eigenvalue weighted by Crippen LogP contribution is 2.39. The summed E-state index contributed by atoms with van der Waals surface area (Å²) in [7, 11) is -0.955. The lowest BCUT2D eigenvalue weighted by Crippen LogP contribution is -2.67. The second-order valence-electron chi connectivity index (χ2n) is 11.0. The zero-order valence-electron chi connectivity index (χ0n) is 22.8. The molecular formula is C32H42O3Si. The summed E-state index contributed by atoms with van der Waals surface area (Å²) in [6, 6.07) is 29.6. The van der Waals surface area contributed by atoms with E-state index < -0.39 is 8.32 Å². The molecule has 0 saturated carbocycles. The van der Waals surface area contributed by atoms with Crippen LogP contribution in [0.15, 0.2) is 97.6 Å². The van der Waals surface area contributed by atoms with Crippen LogP contribution in [-0.2, 0) is 15.8 Å². The lowest BCUT2D eigenvalue weighted by Gasteiger charge is -2.46. The van der Waals surface area contributed by atoms with Gasteiger partial charge in [0.1, 0.15) is 5.75 Å². The molecule has 0 aromatic heterocycles. The van der Waals surface area contributed by atoms with Crippen molar-refractivity contribution in [3.05, 3.63) is 103 Å². The monoisotopic (exact) mass is 502 g/mol. The molecule has 0 fully saturated rings. The van der Waals surface area contributed by atoms with E-state index in [0.29, 0.717) is 19.8 Å². The second-order valence-corrected chi connectivity index (χ2v) is 15.3. The molecule has 0 aliphatic carbocycles. The summed E-state index contributed by atoms with van der Waals surface area (Å²) >= 11 is 0. The Labute approximate surface area is 219 Å². The molecule has 3 aromatic rings. The molecule has 4 heteroatoms. The Morgan fingerprint density at radius 3 is 1.78 bits per heavy atom. The topological polar surface area (TPSA) is 27.7 Å². The molecule has 0 heterocycles. The van der Waals surface area contributed by atoms with Gasteiger partial charge < -0.3 is 13.9 Å². The number of allylic oxidation sites excluding steroid dienone is 1. The molecule has 0 bridgehead atoms. The number of benzene rings is 3. The zero-order valence-corrected chi connectivity index (χ0v) is 23.8. The van der Waals surface area contributed by atoms with Crippen molar-refractivity contribution in [2.45, 2.75) is 46.3 Å². The molecule has 2 atom stereocenters. The van der Waals surface area contributed by atoms with Crippen LogP contribution in [0, 0.1) is 11.3 Å². The first-order valence-corrected chi connectivity index (χ1v) is 14.7. The first kappa shape index (κ1) is 27.9. The van der Waals surface area contributed by atoms with Crippen molar-refractivity contribution in [1.82, 2.24) is 0 Å². The SMILES string of the molecule is C=C[C@@H](C)[C@@](C)(COCc1ccc(OC)cc1)CO[Si](c1ccccc1)(c1ccccc1)C(C)(C)C. The Hall–Kier alpha value is -2.66. The fraction of sp³-hybridized carbons (Fsp3) is 0.375. The number of ether oxygens (including phenoxy) is 2. The predicted molar refractivity (Wildman–Crippen MR) is 154 cm³/mol. The van der Waals surface area contributed by atoms with E-state index in [-0.39, 0.29) is 16.4 Å². The molecule has 0 spiro atoms. The first-order chi connectivity index (χ1) is 17.2. The van der Waals surface area contributed by atoms with Gasteiger partial charge in [0.15, 0.2) is 0 Å². The number of rotatable bonds is 12. The van der Waals surface area contributed by atoms with Crippen molar-refractivity contribution >= 4 is 18.7 Å².